The lowest BCUT2D eigenvalue weighted by molar-refractivity contribution is -0.119. The summed E-state index contributed by atoms with van der Waals surface area (Å²) >= 11 is 1.46. The first-order chi connectivity index (χ1) is 17.8. The Kier molecular flexibility index (Phi) is 8.53. The van der Waals surface area contributed by atoms with Gasteiger partial charge >= 0.3 is 0 Å². The van der Waals surface area contributed by atoms with Crippen LogP contribution in [0, 0.1) is 0 Å². The third kappa shape index (κ3) is 5.82. The highest BCUT2D eigenvalue weighted by Gasteiger charge is 2.37. The lowest BCUT2D eigenvalue weighted by Gasteiger charge is -2.32. The number of amides is 1. The van der Waals surface area contributed by atoms with Crippen molar-refractivity contribution in [3.63, 3.8) is 0 Å². The molecule has 9 heteroatoms. The van der Waals surface area contributed by atoms with Gasteiger partial charge in [0.25, 0.3) is 5.91 Å². The van der Waals surface area contributed by atoms with E-state index in [1.165, 1.54) is 11.8 Å². The number of oxazole rings is 1. The van der Waals surface area contributed by atoms with E-state index in [4.69, 9.17) is 14.9 Å². The van der Waals surface area contributed by atoms with E-state index in [1.54, 1.807) is 13.3 Å². The summed E-state index contributed by atoms with van der Waals surface area (Å²) in [5, 5.41) is 0.977. The molecule has 1 aliphatic rings. The number of hydrogen-bond acceptors (Lipinski definition) is 8. The third-order valence-corrected chi connectivity index (χ3v) is 8.04. The number of unbranched alkanes of at least 4 members (excludes halogenated alkanes) is 2. The predicted molar refractivity (Wildman–Crippen MR) is 146 cm³/mol. The summed E-state index contributed by atoms with van der Waals surface area (Å²) in [4.78, 5) is 35.8. The van der Waals surface area contributed by atoms with E-state index in [2.05, 4.69) is 21.8 Å². The second-order valence-corrected chi connectivity index (χ2v) is 10.5. The Balaban J connectivity index is 1.64. The molecular formula is C28H34N4O4S. The maximum Gasteiger partial charge on any atom is 0.256 e. The summed E-state index contributed by atoms with van der Waals surface area (Å²) < 4.78 is 11.9. The first-order valence-electron chi connectivity index (χ1n) is 12.7. The monoisotopic (exact) mass is 522 g/mol. The summed E-state index contributed by atoms with van der Waals surface area (Å²) in [7, 11) is 1.59. The average Bonchev–Trinajstić information content (AvgIpc) is 3.50. The Hall–Kier alpha value is -3.33. The van der Waals surface area contributed by atoms with Gasteiger partial charge in [-0.1, -0.05) is 49.7 Å². The molecule has 0 saturated heterocycles. The molecule has 1 unspecified atom stereocenters. The molecule has 0 fully saturated rings. The van der Waals surface area contributed by atoms with E-state index in [-0.39, 0.29) is 11.4 Å². The number of thioether (sulfide) groups is 1. The molecule has 37 heavy (non-hydrogen) atoms. The van der Waals surface area contributed by atoms with Crippen molar-refractivity contribution in [3.05, 3.63) is 53.0 Å². The third-order valence-electron chi connectivity index (χ3n) is 6.74. The largest absolute Gasteiger partial charge is 0.480 e. The number of nitrogens with two attached hydrogens (primary N) is 1. The lowest BCUT2D eigenvalue weighted by Crippen LogP contribution is -2.30. The van der Waals surface area contributed by atoms with Crippen LogP contribution >= 0.6 is 11.8 Å². The fraction of sp³-hybridized carbons (Fsp3) is 0.429. The first-order valence-corrected chi connectivity index (χ1v) is 13.6. The molecule has 2 aromatic heterocycles. The molecule has 0 aliphatic carbocycles. The van der Waals surface area contributed by atoms with Crippen LogP contribution in [0.4, 0.5) is 0 Å². The summed E-state index contributed by atoms with van der Waals surface area (Å²) in [5.74, 6) is 1.47. The Bertz CT molecular complexity index is 1320. The Labute approximate surface area is 221 Å². The van der Waals surface area contributed by atoms with Crippen LogP contribution in [0.3, 0.4) is 0 Å². The van der Waals surface area contributed by atoms with Crippen molar-refractivity contribution in [3.8, 4) is 17.2 Å². The maximum absolute atomic E-state index is 12.0. The minimum atomic E-state index is -0.422. The highest BCUT2D eigenvalue weighted by atomic mass is 32.2. The molecule has 1 aromatic carbocycles. The number of primary amides is 1. The van der Waals surface area contributed by atoms with Crippen LogP contribution in [-0.4, -0.2) is 39.0 Å². The van der Waals surface area contributed by atoms with Gasteiger partial charge in [-0.25, -0.2) is 9.97 Å². The highest BCUT2D eigenvalue weighted by molar-refractivity contribution is 8.04. The minimum absolute atomic E-state index is 0.00129. The molecule has 8 nitrogen and oxygen atoms in total. The fourth-order valence-electron chi connectivity index (χ4n) is 4.82. The van der Waals surface area contributed by atoms with Gasteiger partial charge in [0, 0.05) is 23.9 Å². The number of aromatic nitrogens is 2. The number of ether oxygens (including phenoxy) is 1. The number of para-hydroxylation sites is 1. The number of nitrogens with zero attached hydrogens (tertiary/aromatic N) is 3. The Morgan fingerprint density at radius 3 is 2.73 bits per heavy atom. The van der Waals surface area contributed by atoms with E-state index >= 15 is 0 Å². The molecule has 0 bridgehead atoms. The molecule has 3 aromatic rings. The van der Waals surface area contributed by atoms with Crippen molar-refractivity contribution in [1.29, 1.82) is 0 Å². The molecule has 1 aliphatic heterocycles. The van der Waals surface area contributed by atoms with Crippen LogP contribution in [0.2, 0.25) is 0 Å². The molecular weight excluding hydrogens is 488 g/mol. The molecule has 4 rings (SSSR count). The van der Waals surface area contributed by atoms with E-state index in [9.17, 15) is 9.59 Å². The number of methoxy groups -OCH3 is 1. The lowest BCUT2D eigenvalue weighted by atomic mass is 10.0. The van der Waals surface area contributed by atoms with Crippen LogP contribution in [0.5, 0.6) is 5.88 Å². The molecule has 2 atom stereocenters. The number of fused-ring (bicyclic) bond motifs is 1. The van der Waals surface area contributed by atoms with Crippen LogP contribution in [0.1, 0.15) is 71.2 Å². The van der Waals surface area contributed by atoms with Crippen molar-refractivity contribution in [2.75, 3.05) is 7.11 Å². The van der Waals surface area contributed by atoms with Gasteiger partial charge in [-0.05, 0) is 38.8 Å². The van der Waals surface area contributed by atoms with Gasteiger partial charge in [0.2, 0.25) is 11.8 Å². The van der Waals surface area contributed by atoms with Crippen molar-refractivity contribution >= 4 is 34.4 Å². The molecule has 0 spiro atoms. The standard InChI is InChI=1S/C28H34N4O4S/c1-5-20(33)12-7-6-8-14-23(32-17(2)25(26(29)34)37-18(32)3)28-30-16-24(36-28)21-15-19-11-9-10-13-22(19)31-27(21)35-4/h9-11,13,15-16,18,23H,5-8,12,14H2,1-4H3,(H2,29,34)/t18-,23?/m0/s1. The quantitative estimate of drug-likeness (QED) is 0.289. The summed E-state index contributed by atoms with van der Waals surface area (Å²) in [5.41, 5.74) is 8.05. The van der Waals surface area contributed by atoms with Crippen LogP contribution in [-0.2, 0) is 9.59 Å². The number of carbonyl (C=O) groups is 2. The molecule has 2 N–H and O–H groups in total. The number of Topliss-reactive ketones (excluding diaryl/α,β-unsaturated/α-hetero) is 1. The van der Waals surface area contributed by atoms with Crippen molar-refractivity contribution < 1.29 is 18.7 Å². The van der Waals surface area contributed by atoms with Gasteiger partial charge in [-0.3, -0.25) is 9.59 Å². The number of carbonyl (C=O) groups excluding carboxylic acids is 2. The number of benzene rings is 1. The van der Waals surface area contributed by atoms with Crippen molar-refractivity contribution in [2.24, 2.45) is 5.73 Å². The predicted octanol–water partition coefficient (Wildman–Crippen LogP) is 5.98. The number of hydrogen-bond donors (Lipinski definition) is 1. The first kappa shape index (κ1) is 26.7. The number of pyridine rings is 1. The van der Waals surface area contributed by atoms with Crippen LogP contribution in [0.25, 0.3) is 22.2 Å². The second kappa shape index (κ2) is 11.8. The zero-order valence-corrected chi connectivity index (χ0v) is 22.6. The van der Waals surface area contributed by atoms with E-state index in [0.29, 0.717) is 41.1 Å². The topological polar surface area (TPSA) is 112 Å². The minimum Gasteiger partial charge on any atom is -0.480 e. The van der Waals surface area contributed by atoms with Crippen molar-refractivity contribution in [1.82, 2.24) is 14.9 Å². The molecule has 1 amide bonds. The fourth-order valence-corrected chi connectivity index (χ4v) is 5.97. The average molecular weight is 523 g/mol. The smallest absolute Gasteiger partial charge is 0.256 e. The molecule has 196 valence electrons. The van der Waals surface area contributed by atoms with Crippen molar-refractivity contribution in [2.45, 2.75) is 70.7 Å². The Morgan fingerprint density at radius 2 is 2.03 bits per heavy atom. The van der Waals surface area contributed by atoms with Gasteiger partial charge in [0.1, 0.15) is 11.8 Å². The summed E-state index contributed by atoms with van der Waals surface area (Å²) in [6, 6.07) is 9.65. The highest BCUT2D eigenvalue weighted by Crippen LogP contribution is 2.45. The second-order valence-electron chi connectivity index (χ2n) is 9.21. The maximum atomic E-state index is 12.0. The molecule has 0 saturated carbocycles. The number of allylic oxidation sites excluding steroid dienone is 1. The zero-order chi connectivity index (χ0) is 26.5. The number of ketones is 1. The van der Waals surface area contributed by atoms with Gasteiger partial charge in [0.15, 0.2) is 5.76 Å². The van der Waals surface area contributed by atoms with Crippen LogP contribution < -0.4 is 10.5 Å². The van der Waals surface area contributed by atoms with Gasteiger partial charge in [-0.15, -0.1) is 0 Å². The van der Waals surface area contributed by atoms with E-state index < -0.39 is 5.91 Å². The SMILES string of the molecule is CCC(=O)CCCCCC(c1ncc(-c2cc3ccccc3nc2OC)o1)N1C(C)=C(C(N)=O)S[C@H]1C. The van der Waals surface area contributed by atoms with E-state index in [0.717, 1.165) is 47.8 Å². The van der Waals surface area contributed by atoms with Gasteiger partial charge in [0.05, 0.1) is 34.7 Å². The van der Waals surface area contributed by atoms with Crippen LogP contribution in [0.15, 0.2) is 51.5 Å². The number of rotatable bonds is 12. The summed E-state index contributed by atoms with van der Waals surface area (Å²) in [6.07, 6.45) is 6.35. The molecule has 0 radical (unpaired) electrons. The summed E-state index contributed by atoms with van der Waals surface area (Å²) in [6.45, 7) is 5.87. The van der Waals surface area contributed by atoms with E-state index in [1.807, 2.05) is 44.2 Å². The zero-order valence-electron chi connectivity index (χ0n) is 21.8. The normalized spacial score (nSPS) is 16.4. The Morgan fingerprint density at radius 1 is 1.24 bits per heavy atom. The molecule has 3 heterocycles. The van der Waals surface area contributed by atoms with Gasteiger partial charge in [-0.2, -0.15) is 0 Å². The van der Waals surface area contributed by atoms with Gasteiger partial charge < -0.3 is 19.8 Å².